The van der Waals surface area contributed by atoms with Crippen LogP contribution in [0, 0.1) is 6.92 Å². The first-order chi connectivity index (χ1) is 7.74. The standard InChI is InChI=1S/C13H11NO2/c1-8-4-12-11-3-2-10(15)5-9(11)7-16-13(12)6-14-8/h2-6,15H,7H2,1H3. The summed E-state index contributed by atoms with van der Waals surface area (Å²) in [5.41, 5.74) is 4.14. The van der Waals surface area contributed by atoms with E-state index in [-0.39, 0.29) is 5.75 Å². The Balaban J connectivity index is 2.25. The first-order valence-electron chi connectivity index (χ1n) is 5.16. The fourth-order valence-electron chi connectivity index (χ4n) is 1.99. The highest BCUT2D eigenvalue weighted by Crippen LogP contribution is 2.38. The van der Waals surface area contributed by atoms with Crippen LogP contribution in [-0.4, -0.2) is 10.1 Å². The van der Waals surface area contributed by atoms with Gasteiger partial charge >= 0.3 is 0 Å². The molecule has 2 heterocycles. The van der Waals surface area contributed by atoms with Crippen LogP contribution < -0.4 is 4.74 Å². The zero-order chi connectivity index (χ0) is 11.1. The molecule has 2 aromatic rings. The SMILES string of the molecule is Cc1cc2c(cn1)OCc1cc(O)ccc1-2. The lowest BCUT2D eigenvalue weighted by atomic mass is 9.97. The molecule has 3 heteroatoms. The van der Waals surface area contributed by atoms with Gasteiger partial charge < -0.3 is 9.84 Å². The summed E-state index contributed by atoms with van der Waals surface area (Å²) in [4.78, 5) is 4.21. The lowest BCUT2D eigenvalue weighted by Crippen LogP contribution is -2.06. The molecule has 3 nitrogen and oxygen atoms in total. The normalized spacial score (nSPS) is 12.6. The number of aryl methyl sites for hydroxylation is 1. The predicted octanol–water partition coefficient (Wildman–Crippen LogP) is 2.66. The molecule has 0 amide bonds. The fourth-order valence-corrected chi connectivity index (χ4v) is 1.99. The van der Waals surface area contributed by atoms with E-state index in [9.17, 15) is 5.11 Å². The van der Waals surface area contributed by atoms with E-state index in [1.807, 2.05) is 19.1 Å². The van der Waals surface area contributed by atoms with Crippen molar-refractivity contribution in [2.24, 2.45) is 0 Å². The van der Waals surface area contributed by atoms with E-state index in [4.69, 9.17) is 4.74 Å². The van der Waals surface area contributed by atoms with E-state index in [2.05, 4.69) is 4.98 Å². The molecular formula is C13H11NO2. The highest BCUT2D eigenvalue weighted by atomic mass is 16.5. The third kappa shape index (κ3) is 1.33. The molecule has 1 N–H and O–H groups in total. The Labute approximate surface area is 93.3 Å². The summed E-state index contributed by atoms with van der Waals surface area (Å²) in [6.07, 6.45) is 1.75. The zero-order valence-corrected chi connectivity index (χ0v) is 8.90. The van der Waals surface area contributed by atoms with E-state index in [0.29, 0.717) is 6.61 Å². The molecule has 0 bridgehead atoms. The molecule has 0 atom stereocenters. The predicted molar refractivity (Wildman–Crippen MR) is 60.4 cm³/mol. The van der Waals surface area contributed by atoms with Crippen molar-refractivity contribution >= 4 is 0 Å². The molecule has 1 aliphatic heterocycles. The smallest absolute Gasteiger partial charge is 0.145 e. The van der Waals surface area contributed by atoms with Gasteiger partial charge in [0, 0.05) is 16.8 Å². The maximum Gasteiger partial charge on any atom is 0.145 e. The molecule has 1 aromatic heterocycles. The topological polar surface area (TPSA) is 42.4 Å². The van der Waals surface area contributed by atoms with E-state index in [0.717, 1.165) is 28.1 Å². The number of pyridine rings is 1. The molecule has 1 aromatic carbocycles. The third-order valence-corrected chi connectivity index (χ3v) is 2.77. The second kappa shape index (κ2) is 3.23. The van der Waals surface area contributed by atoms with Crippen LogP contribution in [0.5, 0.6) is 11.5 Å². The van der Waals surface area contributed by atoms with Gasteiger partial charge in [0.25, 0.3) is 0 Å². The van der Waals surface area contributed by atoms with E-state index in [1.165, 1.54) is 0 Å². The van der Waals surface area contributed by atoms with Gasteiger partial charge in [-0.1, -0.05) is 6.07 Å². The first-order valence-corrected chi connectivity index (χ1v) is 5.16. The van der Waals surface area contributed by atoms with Crippen molar-refractivity contribution in [2.45, 2.75) is 13.5 Å². The van der Waals surface area contributed by atoms with Crippen LogP contribution in [0.1, 0.15) is 11.3 Å². The minimum Gasteiger partial charge on any atom is -0.508 e. The van der Waals surface area contributed by atoms with Crippen molar-refractivity contribution in [3.63, 3.8) is 0 Å². The molecule has 16 heavy (non-hydrogen) atoms. The maximum atomic E-state index is 9.42. The van der Waals surface area contributed by atoms with Crippen LogP contribution in [0.2, 0.25) is 0 Å². The zero-order valence-electron chi connectivity index (χ0n) is 8.90. The molecule has 80 valence electrons. The molecule has 0 radical (unpaired) electrons. The lowest BCUT2D eigenvalue weighted by Gasteiger charge is -2.20. The van der Waals surface area contributed by atoms with Crippen LogP contribution in [0.15, 0.2) is 30.5 Å². The van der Waals surface area contributed by atoms with Crippen LogP contribution in [0.4, 0.5) is 0 Å². The maximum absolute atomic E-state index is 9.42. The summed E-state index contributed by atoms with van der Waals surface area (Å²) in [5, 5.41) is 9.42. The van der Waals surface area contributed by atoms with Gasteiger partial charge in [-0.2, -0.15) is 0 Å². The molecule has 0 aliphatic carbocycles. The third-order valence-electron chi connectivity index (χ3n) is 2.77. The molecule has 0 saturated carbocycles. The first kappa shape index (κ1) is 9.21. The summed E-state index contributed by atoms with van der Waals surface area (Å²) in [5.74, 6) is 1.08. The minimum atomic E-state index is 0.275. The second-order valence-electron chi connectivity index (χ2n) is 3.95. The van der Waals surface area contributed by atoms with Crippen molar-refractivity contribution in [3.8, 4) is 22.6 Å². The minimum absolute atomic E-state index is 0.275. The van der Waals surface area contributed by atoms with E-state index >= 15 is 0 Å². The van der Waals surface area contributed by atoms with E-state index in [1.54, 1.807) is 18.3 Å². The number of hydrogen-bond donors (Lipinski definition) is 1. The Bertz CT molecular complexity index is 564. The van der Waals surface area contributed by atoms with Gasteiger partial charge in [-0.05, 0) is 30.7 Å². The largest absolute Gasteiger partial charge is 0.508 e. The van der Waals surface area contributed by atoms with Crippen LogP contribution >= 0.6 is 0 Å². The number of ether oxygens (including phenoxy) is 1. The summed E-state index contributed by atoms with van der Waals surface area (Å²) in [7, 11) is 0. The Morgan fingerprint density at radius 3 is 3.00 bits per heavy atom. The Morgan fingerprint density at radius 1 is 1.25 bits per heavy atom. The van der Waals surface area contributed by atoms with Gasteiger partial charge in [-0.3, -0.25) is 4.98 Å². The fraction of sp³-hybridized carbons (Fsp3) is 0.154. The number of aromatic nitrogens is 1. The highest BCUT2D eigenvalue weighted by Gasteiger charge is 2.17. The van der Waals surface area contributed by atoms with Gasteiger partial charge in [0.15, 0.2) is 0 Å². The monoisotopic (exact) mass is 213 g/mol. The molecule has 0 unspecified atom stereocenters. The molecular weight excluding hydrogens is 202 g/mol. The van der Waals surface area contributed by atoms with Crippen molar-refractivity contribution < 1.29 is 9.84 Å². The van der Waals surface area contributed by atoms with Gasteiger partial charge in [-0.25, -0.2) is 0 Å². The van der Waals surface area contributed by atoms with Crippen molar-refractivity contribution in [1.82, 2.24) is 4.98 Å². The summed E-state index contributed by atoms with van der Waals surface area (Å²) >= 11 is 0. The van der Waals surface area contributed by atoms with Crippen LogP contribution in [0.3, 0.4) is 0 Å². The van der Waals surface area contributed by atoms with E-state index < -0.39 is 0 Å². The highest BCUT2D eigenvalue weighted by molar-refractivity contribution is 5.75. The number of hydrogen-bond acceptors (Lipinski definition) is 3. The van der Waals surface area contributed by atoms with Crippen molar-refractivity contribution in [2.75, 3.05) is 0 Å². The molecule has 0 saturated heterocycles. The Kier molecular flexibility index (Phi) is 1.86. The molecule has 0 fully saturated rings. The van der Waals surface area contributed by atoms with Crippen LogP contribution in [0.25, 0.3) is 11.1 Å². The number of phenolic OH excluding ortho intramolecular Hbond substituents is 1. The average Bonchev–Trinajstić information content (AvgIpc) is 2.28. The van der Waals surface area contributed by atoms with Crippen molar-refractivity contribution in [1.29, 1.82) is 0 Å². The summed E-state index contributed by atoms with van der Waals surface area (Å²) in [6, 6.07) is 7.37. The second-order valence-corrected chi connectivity index (χ2v) is 3.95. The summed E-state index contributed by atoms with van der Waals surface area (Å²) in [6.45, 7) is 2.44. The number of phenols is 1. The van der Waals surface area contributed by atoms with Crippen molar-refractivity contribution in [3.05, 3.63) is 41.7 Å². The number of aromatic hydroxyl groups is 1. The number of nitrogens with zero attached hydrogens (tertiary/aromatic N) is 1. The average molecular weight is 213 g/mol. The van der Waals surface area contributed by atoms with Gasteiger partial charge in [-0.15, -0.1) is 0 Å². The van der Waals surface area contributed by atoms with Gasteiger partial charge in [0.05, 0.1) is 6.20 Å². The number of fused-ring (bicyclic) bond motifs is 3. The van der Waals surface area contributed by atoms with Gasteiger partial charge in [0.1, 0.15) is 18.1 Å². The number of benzene rings is 1. The number of rotatable bonds is 0. The molecule has 0 spiro atoms. The van der Waals surface area contributed by atoms with Crippen LogP contribution in [-0.2, 0) is 6.61 Å². The van der Waals surface area contributed by atoms with Gasteiger partial charge in [0.2, 0.25) is 0 Å². The lowest BCUT2D eigenvalue weighted by molar-refractivity contribution is 0.300. The molecule has 1 aliphatic rings. The Hall–Kier alpha value is -2.03. The summed E-state index contributed by atoms with van der Waals surface area (Å²) < 4.78 is 5.59. The molecule has 3 rings (SSSR count). The quantitative estimate of drug-likeness (QED) is 0.731. The Morgan fingerprint density at radius 2 is 2.12 bits per heavy atom.